The number of thiophene rings is 1. The van der Waals surface area contributed by atoms with E-state index < -0.39 is 0 Å². The number of terminal acetylenes is 1. The Bertz CT molecular complexity index is 712. The van der Waals surface area contributed by atoms with Gasteiger partial charge in [0, 0.05) is 28.0 Å². The summed E-state index contributed by atoms with van der Waals surface area (Å²) in [4.78, 5) is 19.1. The average Bonchev–Trinajstić information content (AvgIpc) is 2.72. The van der Waals surface area contributed by atoms with Crippen molar-refractivity contribution in [2.45, 2.75) is 20.8 Å². The summed E-state index contributed by atoms with van der Waals surface area (Å²) in [6, 6.07) is 1.96. The quantitative estimate of drug-likeness (QED) is 0.883. The van der Waals surface area contributed by atoms with Crippen LogP contribution >= 0.6 is 11.3 Å². The first-order valence-electron chi connectivity index (χ1n) is 6.38. The van der Waals surface area contributed by atoms with Crippen molar-refractivity contribution in [2.24, 2.45) is 0 Å². The molecule has 5 heteroatoms. The van der Waals surface area contributed by atoms with Gasteiger partial charge in [0.2, 0.25) is 0 Å². The highest BCUT2D eigenvalue weighted by atomic mass is 32.1. The van der Waals surface area contributed by atoms with Crippen LogP contribution in [-0.4, -0.2) is 28.9 Å². The van der Waals surface area contributed by atoms with Crippen LogP contribution in [0.5, 0.6) is 0 Å². The molecule has 0 bridgehead atoms. The summed E-state index contributed by atoms with van der Waals surface area (Å²) < 4.78 is 0.993. The fraction of sp³-hybridized carbons (Fsp3) is 0.333. The monoisotopic (exact) mass is 287 g/mol. The molecule has 2 aromatic rings. The highest BCUT2D eigenvalue weighted by Crippen LogP contribution is 2.36. The van der Waals surface area contributed by atoms with Gasteiger partial charge in [0.1, 0.15) is 4.88 Å². The Labute approximate surface area is 122 Å². The van der Waals surface area contributed by atoms with Crippen molar-refractivity contribution in [1.82, 2.24) is 9.88 Å². The van der Waals surface area contributed by atoms with Crippen molar-refractivity contribution in [3.63, 3.8) is 0 Å². The van der Waals surface area contributed by atoms with Gasteiger partial charge in [-0.15, -0.1) is 17.8 Å². The Hall–Kier alpha value is -2.06. The summed E-state index contributed by atoms with van der Waals surface area (Å²) in [5, 5.41) is 0.876. The van der Waals surface area contributed by atoms with E-state index >= 15 is 0 Å². The topological polar surface area (TPSA) is 59.2 Å². The summed E-state index contributed by atoms with van der Waals surface area (Å²) in [6.45, 7) is 6.59. The standard InChI is InChI=1S/C15H17N3OS/c1-5-7-18(6-2)15(19)14-13(16)12-10(4)17-9(3)8-11(12)20-14/h1,8H,6-7,16H2,2-4H3. The molecule has 104 valence electrons. The van der Waals surface area contributed by atoms with E-state index in [1.807, 2.05) is 26.8 Å². The largest absolute Gasteiger partial charge is 0.397 e. The number of rotatable bonds is 3. The molecule has 0 aliphatic rings. The third kappa shape index (κ3) is 2.35. The van der Waals surface area contributed by atoms with Crippen molar-refractivity contribution in [2.75, 3.05) is 18.8 Å². The number of carbonyl (C=O) groups is 1. The van der Waals surface area contributed by atoms with Crippen LogP contribution in [0, 0.1) is 26.2 Å². The van der Waals surface area contributed by atoms with E-state index in [1.165, 1.54) is 11.3 Å². The minimum absolute atomic E-state index is 0.110. The Balaban J connectivity index is 2.56. The van der Waals surface area contributed by atoms with E-state index in [4.69, 9.17) is 12.2 Å². The number of amides is 1. The summed E-state index contributed by atoms with van der Waals surface area (Å²) >= 11 is 1.41. The van der Waals surface area contributed by atoms with Crippen LogP contribution in [0.1, 0.15) is 28.0 Å². The predicted molar refractivity (Wildman–Crippen MR) is 83.9 cm³/mol. The highest BCUT2D eigenvalue weighted by molar-refractivity contribution is 7.21. The van der Waals surface area contributed by atoms with Crippen molar-refractivity contribution in [3.05, 3.63) is 22.3 Å². The Kier molecular flexibility index (Phi) is 3.96. The average molecular weight is 287 g/mol. The van der Waals surface area contributed by atoms with Crippen LogP contribution in [0.2, 0.25) is 0 Å². The lowest BCUT2D eigenvalue weighted by molar-refractivity contribution is 0.0790. The molecular weight excluding hydrogens is 270 g/mol. The zero-order chi connectivity index (χ0) is 14.9. The summed E-state index contributed by atoms with van der Waals surface area (Å²) in [6.07, 6.45) is 5.30. The number of anilines is 1. The van der Waals surface area contributed by atoms with Crippen molar-refractivity contribution in [3.8, 4) is 12.3 Å². The fourth-order valence-corrected chi connectivity index (χ4v) is 3.46. The Morgan fingerprint density at radius 1 is 1.55 bits per heavy atom. The maximum absolute atomic E-state index is 12.5. The second-order valence-corrected chi connectivity index (χ2v) is 5.64. The third-order valence-corrected chi connectivity index (χ3v) is 4.30. The first-order valence-corrected chi connectivity index (χ1v) is 7.20. The molecule has 2 rings (SSSR count). The molecule has 0 aromatic carbocycles. The molecule has 0 unspecified atom stereocenters. The van der Waals surface area contributed by atoms with Gasteiger partial charge in [-0.1, -0.05) is 5.92 Å². The van der Waals surface area contributed by atoms with Crippen LogP contribution in [-0.2, 0) is 0 Å². The van der Waals surface area contributed by atoms with Crippen LogP contribution in [0.25, 0.3) is 10.1 Å². The number of nitrogens with two attached hydrogens (primary N) is 1. The molecule has 4 nitrogen and oxygen atoms in total. The van der Waals surface area contributed by atoms with E-state index in [0.29, 0.717) is 23.7 Å². The maximum Gasteiger partial charge on any atom is 0.266 e. The van der Waals surface area contributed by atoms with Gasteiger partial charge < -0.3 is 10.6 Å². The number of hydrogen-bond acceptors (Lipinski definition) is 4. The minimum Gasteiger partial charge on any atom is -0.397 e. The molecule has 2 heterocycles. The van der Waals surface area contributed by atoms with Crippen LogP contribution in [0.3, 0.4) is 0 Å². The van der Waals surface area contributed by atoms with E-state index in [2.05, 4.69) is 10.9 Å². The molecular formula is C15H17N3OS. The number of aryl methyl sites for hydroxylation is 2. The van der Waals surface area contributed by atoms with Gasteiger partial charge in [-0.2, -0.15) is 0 Å². The number of carbonyl (C=O) groups excluding carboxylic acids is 1. The van der Waals surface area contributed by atoms with Gasteiger partial charge in [-0.25, -0.2) is 0 Å². The Morgan fingerprint density at radius 2 is 2.25 bits per heavy atom. The fourth-order valence-electron chi connectivity index (χ4n) is 2.22. The molecule has 1 amide bonds. The van der Waals surface area contributed by atoms with Crippen LogP contribution in [0.4, 0.5) is 5.69 Å². The van der Waals surface area contributed by atoms with Crippen molar-refractivity contribution >= 4 is 33.0 Å². The SMILES string of the molecule is C#CCN(CC)C(=O)c1sc2cc(C)nc(C)c2c1N. The number of nitrogens with zero attached hydrogens (tertiary/aromatic N) is 2. The summed E-state index contributed by atoms with van der Waals surface area (Å²) in [7, 11) is 0. The number of fused-ring (bicyclic) bond motifs is 1. The number of nitrogen functional groups attached to an aromatic ring is 1. The van der Waals surface area contributed by atoms with E-state index in [0.717, 1.165) is 21.5 Å². The normalized spacial score (nSPS) is 10.5. The molecule has 0 atom stereocenters. The number of aromatic nitrogens is 1. The smallest absolute Gasteiger partial charge is 0.266 e. The third-order valence-electron chi connectivity index (χ3n) is 3.16. The lowest BCUT2D eigenvalue weighted by atomic mass is 10.2. The maximum atomic E-state index is 12.5. The molecule has 2 aromatic heterocycles. The minimum atomic E-state index is -0.110. The lowest BCUT2D eigenvalue weighted by Crippen LogP contribution is -2.30. The van der Waals surface area contributed by atoms with Gasteiger partial charge in [-0.3, -0.25) is 9.78 Å². The number of hydrogen-bond donors (Lipinski definition) is 1. The molecule has 0 aliphatic carbocycles. The molecule has 0 fully saturated rings. The first-order chi connectivity index (χ1) is 9.49. The summed E-state index contributed by atoms with van der Waals surface area (Å²) in [5.74, 6) is 2.39. The van der Waals surface area contributed by atoms with Gasteiger partial charge >= 0.3 is 0 Å². The van der Waals surface area contributed by atoms with E-state index in [1.54, 1.807) is 4.90 Å². The predicted octanol–water partition coefficient (Wildman–Crippen LogP) is 2.59. The number of pyridine rings is 1. The van der Waals surface area contributed by atoms with Crippen LogP contribution < -0.4 is 5.73 Å². The zero-order valence-corrected chi connectivity index (χ0v) is 12.7. The van der Waals surface area contributed by atoms with Gasteiger partial charge in [0.25, 0.3) is 5.91 Å². The Morgan fingerprint density at radius 3 is 2.85 bits per heavy atom. The first kappa shape index (κ1) is 14.4. The second-order valence-electron chi connectivity index (χ2n) is 4.59. The zero-order valence-electron chi connectivity index (χ0n) is 11.9. The van der Waals surface area contributed by atoms with Crippen LogP contribution in [0.15, 0.2) is 6.07 Å². The summed E-state index contributed by atoms with van der Waals surface area (Å²) in [5.41, 5.74) is 8.44. The molecule has 0 saturated heterocycles. The van der Waals surface area contributed by atoms with Crippen molar-refractivity contribution in [1.29, 1.82) is 0 Å². The highest BCUT2D eigenvalue weighted by Gasteiger charge is 2.22. The van der Waals surface area contributed by atoms with E-state index in [-0.39, 0.29) is 5.91 Å². The molecule has 0 saturated carbocycles. The van der Waals surface area contributed by atoms with Gasteiger partial charge in [-0.05, 0) is 26.8 Å². The van der Waals surface area contributed by atoms with Crippen molar-refractivity contribution < 1.29 is 4.79 Å². The van der Waals surface area contributed by atoms with Gasteiger partial charge in [0.05, 0.1) is 12.2 Å². The molecule has 20 heavy (non-hydrogen) atoms. The van der Waals surface area contributed by atoms with Gasteiger partial charge in [0.15, 0.2) is 0 Å². The lowest BCUT2D eigenvalue weighted by Gasteiger charge is -2.17. The second kappa shape index (κ2) is 5.51. The molecule has 0 spiro atoms. The molecule has 0 radical (unpaired) electrons. The molecule has 2 N–H and O–H groups in total. The van der Waals surface area contributed by atoms with E-state index in [9.17, 15) is 4.79 Å². The molecule has 0 aliphatic heterocycles.